The molecule has 0 aliphatic heterocycles. The van der Waals surface area contributed by atoms with Crippen LogP contribution in [0.1, 0.15) is 18.1 Å². The minimum absolute atomic E-state index is 0.273. The Kier molecular flexibility index (Phi) is 3.23. The van der Waals surface area contributed by atoms with Crippen molar-refractivity contribution >= 4 is 0 Å². The second-order valence-electron chi connectivity index (χ2n) is 2.77. The van der Waals surface area contributed by atoms with Gasteiger partial charge in [0, 0.05) is 0 Å². The van der Waals surface area contributed by atoms with Gasteiger partial charge in [-0.3, -0.25) is 0 Å². The molecule has 1 rings (SSSR count). The van der Waals surface area contributed by atoms with E-state index in [-0.39, 0.29) is 5.75 Å². The first-order valence-electron chi connectivity index (χ1n) is 4.18. The number of ether oxygens (including phenoxy) is 1. The van der Waals surface area contributed by atoms with Gasteiger partial charge in [-0.15, -0.1) is 0 Å². The van der Waals surface area contributed by atoms with Gasteiger partial charge < -0.3 is 4.74 Å². The molecule has 0 aliphatic rings. The fourth-order valence-electron chi connectivity index (χ4n) is 1.27. The van der Waals surface area contributed by atoms with Gasteiger partial charge in [0.25, 0.3) is 0 Å². The summed E-state index contributed by atoms with van der Waals surface area (Å²) in [6.07, 6.45) is 0.826. The highest BCUT2D eigenvalue weighted by molar-refractivity contribution is 5.39. The topological polar surface area (TPSA) is 9.23 Å². The molecule has 1 aromatic carbocycles. The van der Waals surface area contributed by atoms with Gasteiger partial charge in [0.2, 0.25) is 0 Å². The third-order valence-corrected chi connectivity index (χ3v) is 1.99. The molecule has 0 bridgehead atoms. The number of alkyl halides is 2. The van der Waals surface area contributed by atoms with Crippen LogP contribution >= 0.6 is 0 Å². The van der Waals surface area contributed by atoms with Crippen molar-refractivity contribution in [3.63, 3.8) is 0 Å². The average molecular weight is 186 g/mol. The van der Waals surface area contributed by atoms with Crippen molar-refractivity contribution in [2.24, 2.45) is 0 Å². The Bertz CT molecular complexity index is 284. The second kappa shape index (κ2) is 4.21. The molecular formula is C10H12F2O. The number of hydrogen-bond donors (Lipinski definition) is 0. The molecule has 0 N–H and O–H groups in total. The number of rotatable bonds is 3. The molecule has 0 unspecified atom stereocenters. The zero-order valence-corrected chi connectivity index (χ0v) is 7.68. The number of benzene rings is 1. The van der Waals surface area contributed by atoms with Gasteiger partial charge in [-0.2, -0.15) is 8.78 Å². The Morgan fingerprint density at radius 2 is 2.08 bits per heavy atom. The van der Waals surface area contributed by atoms with Gasteiger partial charge in [0.05, 0.1) is 0 Å². The largest absolute Gasteiger partial charge is 0.435 e. The average Bonchev–Trinajstić information content (AvgIpc) is 2.08. The van der Waals surface area contributed by atoms with E-state index in [0.717, 1.165) is 17.5 Å². The number of aryl methyl sites for hydroxylation is 1. The molecule has 0 radical (unpaired) electrons. The van der Waals surface area contributed by atoms with Crippen LogP contribution in [-0.2, 0) is 6.42 Å². The SMILES string of the molecule is CCc1cccc(OC(F)F)c1C. The molecule has 3 heteroatoms. The van der Waals surface area contributed by atoms with Crippen LogP contribution < -0.4 is 4.74 Å². The predicted octanol–water partition coefficient (Wildman–Crippen LogP) is 3.16. The third kappa shape index (κ3) is 2.41. The van der Waals surface area contributed by atoms with Crippen LogP contribution in [0.15, 0.2) is 18.2 Å². The molecule has 1 nitrogen and oxygen atoms in total. The molecule has 0 saturated heterocycles. The molecule has 0 amide bonds. The van der Waals surface area contributed by atoms with Crippen molar-refractivity contribution in [1.29, 1.82) is 0 Å². The lowest BCUT2D eigenvalue weighted by Crippen LogP contribution is -2.04. The van der Waals surface area contributed by atoms with E-state index in [2.05, 4.69) is 4.74 Å². The lowest BCUT2D eigenvalue weighted by molar-refractivity contribution is -0.0503. The Morgan fingerprint density at radius 3 is 2.62 bits per heavy atom. The summed E-state index contributed by atoms with van der Waals surface area (Å²) >= 11 is 0. The molecule has 0 atom stereocenters. The minimum Gasteiger partial charge on any atom is -0.435 e. The van der Waals surface area contributed by atoms with Gasteiger partial charge in [-0.05, 0) is 30.5 Å². The summed E-state index contributed by atoms with van der Waals surface area (Å²) in [4.78, 5) is 0. The Balaban J connectivity index is 2.94. The first kappa shape index (κ1) is 9.96. The molecule has 0 aliphatic carbocycles. The van der Waals surface area contributed by atoms with E-state index in [1.165, 1.54) is 0 Å². The highest BCUT2D eigenvalue weighted by atomic mass is 19.3. The van der Waals surface area contributed by atoms with Crippen molar-refractivity contribution in [2.45, 2.75) is 26.9 Å². The third-order valence-electron chi connectivity index (χ3n) is 1.99. The van der Waals surface area contributed by atoms with Crippen LogP contribution in [-0.4, -0.2) is 6.61 Å². The Morgan fingerprint density at radius 1 is 1.38 bits per heavy atom. The standard InChI is InChI=1S/C10H12F2O/c1-3-8-5-4-6-9(7(8)2)13-10(11)12/h4-6,10H,3H2,1-2H3. The van der Waals surface area contributed by atoms with Gasteiger partial charge in [-0.25, -0.2) is 0 Å². The van der Waals surface area contributed by atoms with E-state index in [0.29, 0.717) is 0 Å². The first-order valence-corrected chi connectivity index (χ1v) is 4.18. The summed E-state index contributed by atoms with van der Waals surface area (Å²) in [6, 6.07) is 5.19. The van der Waals surface area contributed by atoms with E-state index >= 15 is 0 Å². The van der Waals surface area contributed by atoms with Crippen LogP contribution in [0.2, 0.25) is 0 Å². The molecule has 0 spiro atoms. The summed E-state index contributed by atoms with van der Waals surface area (Å²) < 4.78 is 28.2. The van der Waals surface area contributed by atoms with Gasteiger partial charge >= 0.3 is 6.61 Å². The summed E-state index contributed by atoms with van der Waals surface area (Å²) in [7, 11) is 0. The van der Waals surface area contributed by atoms with Gasteiger partial charge in [-0.1, -0.05) is 19.1 Å². The lowest BCUT2D eigenvalue weighted by Gasteiger charge is -2.10. The summed E-state index contributed by atoms with van der Waals surface area (Å²) in [5.74, 6) is 0.273. The van der Waals surface area contributed by atoms with E-state index in [1.54, 1.807) is 19.1 Å². The minimum atomic E-state index is -2.74. The van der Waals surface area contributed by atoms with Crippen molar-refractivity contribution in [2.75, 3.05) is 0 Å². The van der Waals surface area contributed by atoms with Crippen LogP contribution in [0.4, 0.5) is 8.78 Å². The molecule has 72 valence electrons. The molecule has 0 aromatic heterocycles. The van der Waals surface area contributed by atoms with Gasteiger partial charge in [0.15, 0.2) is 0 Å². The van der Waals surface area contributed by atoms with Crippen molar-refractivity contribution in [3.05, 3.63) is 29.3 Å². The molecule has 0 heterocycles. The fraction of sp³-hybridized carbons (Fsp3) is 0.400. The lowest BCUT2D eigenvalue weighted by atomic mass is 10.1. The summed E-state index contributed by atoms with van der Waals surface area (Å²) in [5.41, 5.74) is 1.84. The van der Waals surface area contributed by atoms with Crippen LogP contribution in [0.5, 0.6) is 5.75 Å². The monoisotopic (exact) mass is 186 g/mol. The highest BCUT2D eigenvalue weighted by Crippen LogP contribution is 2.23. The second-order valence-corrected chi connectivity index (χ2v) is 2.77. The quantitative estimate of drug-likeness (QED) is 0.704. The maximum absolute atomic E-state index is 11.9. The first-order chi connectivity index (χ1) is 6.15. The zero-order valence-electron chi connectivity index (χ0n) is 7.68. The number of halogens is 2. The van der Waals surface area contributed by atoms with E-state index in [4.69, 9.17) is 0 Å². The summed E-state index contributed by atoms with van der Waals surface area (Å²) in [5, 5.41) is 0. The maximum atomic E-state index is 11.9. The molecule has 1 aromatic rings. The highest BCUT2D eigenvalue weighted by Gasteiger charge is 2.08. The molecular weight excluding hydrogens is 174 g/mol. The zero-order chi connectivity index (χ0) is 9.84. The Hall–Kier alpha value is -1.12. The van der Waals surface area contributed by atoms with E-state index < -0.39 is 6.61 Å². The van der Waals surface area contributed by atoms with Gasteiger partial charge in [0.1, 0.15) is 5.75 Å². The van der Waals surface area contributed by atoms with Crippen molar-refractivity contribution in [1.82, 2.24) is 0 Å². The van der Waals surface area contributed by atoms with Crippen LogP contribution in [0.25, 0.3) is 0 Å². The van der Waals surface area contributed by atoms with E-state index in [1.807, 2.05) is 13.0 Å². The smallest absolute Gasteiger partial charge is 0.387 e. The predicted molar refractivity (Wildman–Crippen MR) is 47.2 cm³/mol. The van der Waals surface area contributed by atoms with Crippen molar-refractivity contribution < 1.29 is 13.5 Å². The summed E-state index contributed by atoms with van der Waals surface area (Å²) in [6.45, 7) is 1.02. The molecule has 0 fully saturated rings. The van der Waals surface area contributed by atoms with Crippen LogP contribution in [0.3, 0.4) is 0 Å². The number of hydrogen-bond acceptors (Lipinski definition) is 1. The van der Waals surface area contributed by atoms with Crippen molar-refractivity contribution in [3.8, 4) is 5.75 Å². The van der Waals surface area contributed by atoms with E-state index in [9.17, 15) is 8.78 Å². The molecule has 0 saturated carbocycles. The molecule has 13 heavy (non-hydrogen) atoms. The Labute approximate surface area is 76.3 Å². The maximum Gasteiger partial charge on any atom is 0.387 e. The van der Waals surface area contributed by atoms with Crippen LogP contribution in [0, 0.1) is 6.92 Å². The fourth-order valence-corrected chi connectivity index (χ4v) is 1.27. The normalized spacial score (nSPS) is 10.5.